The van der Waals surface area contributed by atoms with Crippen molar-refractivity contribution in [2.75, 3.05) is 39.3 Å². The summed E-state index contributed by atoms with van der Waals surface area (Å²) in [4.78, 5) is 17.4. The van der Waals surface area contributed by atoms with E-state index >= 15 is 0 Å². The third-order valence-electron chi connectivity index (χ3n) is 5.90. The van der Waals surface area contributed by atoms with Gasteiger partial charge in [0.05, 0.1) is 0 Å². The number of hydrogen-bond donors (Lipinski definition) is 1. The second-order valence-electron chi connectivity index (χ2n) is 7.71. The topological polar surface area (TPSA) is 35.6 Å². The van der Waals surface area contributed by atoms with Gasteiger partial charge >= 0.3 is 0 Å². The first kappa shape index (κ1) is 19.0. The molecule has 1 amide bonds. The van der Waals surface area contributed by atoms with E-state index in [0.717, 1.165) is 51.5 Å². The first-order chi connectivity index (χ1) is 10.7. The molecule has 0 spiro atoms. The van der Waals surface area contributed by atoms with Crippen LogP contribution < -0.4 is 5.32 Å². The van der Waals surface area contributed by atoms with E-state index in [-0.39, 0.29) is 18.3 Å². The van der Waals surface area contributed by atoms with Gasteiger partial charge in [0.25, 0.3) is 0 Å². The summed E-state index contributed by atoms with van der Waals surface area (Å²) in [6.45, 7) is 8.53. The van der Waals surface area contributed by atoms with Crippen LogP contribution in [0.15, 0.2) is 0 Å². The average molecular weight is 344 g/mol. The summed E-state index contributed by atoms with van der Waals surface area (Å²) in [6.07, 6.45) is 9.17. The minimum Gasteiger partial charge on any atom is -0.340 e. The van der Waals surface area contributed by atoms with Crippen molar-refractivity contribution in [3.8, 4) is 0 Å². The molecule has 0 bridgehead atoms. The molecule has 3 fully saturated rings. The largest absolute Gasteiger partial charge is 0.340 e. The Labute approximate surface area is 147 Å². The molecule has 4 nitrogen and oxygen atoms in total. The maximum absolute atomic E-state index is 12.7. The summed E-state index contributed by atoms with van der Waals surface area (Å²) in [6, 6.07) is 0.496. The summed E-state index contributed by atoms with van der Waals surface area (Å²) in [5.41, 5.74) is 0. The lowest BCUT2D eigenvalue weighted by Gasteiger charge is -2.39. The lowest BCUT2D eigenvalue weighted by molar-refractivity contribution is -0.138. The van der Waals surface area contributed by atoms with Gasteiger partial charge in [0.1, 0.15) is 0 Å². The van der Waals surface area contributed by atoms with E-state index in [2.05, 4.69) is 22.0 Å². The van der Waals surface area contributed by atoms with Crippen LogP contribution in [0.1, 0.15) is 51.9 Å². The van der Waals surface area contributed by atoms with Crippen molar-refractivity contribution in [3.05, 3.63) is 0 Å². The molecule has 1 saturated carbocycles. The number of hydrogen-bond acceptors (Lipinski definition) is 3. The lowest BCUT2D eigenvalue weighted by atomic mass is 9.88. The molecule has 23 heavy (non-hydrogen) atoms. The second-order valence-corrected chi connectivity index (χ2v) is 7.71. The van der Waals surface area contributed by atoms with Crippen molar-refractivity contribution in [2.24, 2.45) is 11.8 Å². The van der Waals surface area contributed by atoms with Crippen molar-refractivity contribution in [2.45, 2.75) is 57.9 Å². The average Bonchev–Trinajstić information content (AvgIpc) is 2.56. The quantitative estimate of drug-likeness (QED) is 0.855. The van der Waals surface area contributed by atoms with Crippen molar-refractivity contribution in [1.82, 2.24) is 15.1 Å². The molecule has 3 aliphatic rings. The van der Waals surface area contributed by atoms with Crippen LogP contribution in [0.3, 0.4) is 0 Å². The van der Waals surface area contributed by atoms with Crippen LogP contribution >= 0.6 is 12.4 Å². The second kappa shape index (κ2) is 9.24. The Bertz CT molecular complexity index is 365. The molecule has 0 aromatic rings. The van der Waals surface area contributed by atoms with Gasteiger partial charge in [-0.15, -0.1) is 12.4 Å². The van der Waals surface area contributed by atoms with E-state index < -0.39 is 0 Å². The molecule has 0 aromatic carbocycles. The van der Waals surface area contributed by atoms with E-state index in [0.29, 0.717) is 11.9 Å². The normalized spacial score (nSPS) is 30.7. The van der Waals surface area contributed by atoms with Gasteiger partial charge in [-0.25, -0.2) is 0 Å². The fourth-order valence-electron chi connectivity index (χ4n) is 4.50. The van der Waals surface area contributed by atoms with Crippen LogP contribution in [-0.2, 0) is 4.79 Å². The molecular formula is C18H34ClN3O. The number of nitrogens with zero attached hydrogens (tertiary/aromatic N) is 2. The van der Waals surface area contributed by atoms with Crippen LogP contribution in [-0.4, -0.2) is 61.0 Å². The summed E-state index contributed by atoms with van der Waals surface area (Å²) in [5, 5.41) is 3.44. The molecule has 134 valence electrons. The van der Waals surface area contributed by atoms with Gasteiger partial charge in [-0.05, 0) is 45.1 Å². The molecule has 3 rings (SSSR count). The molecule has 2 aliphatic heterocycles. The van der Waals surface area contributed by atoms with Gasteiger partial charge in [-0.1, -0.05) is 19.3 Å². The molecule has 0 unspecified atom stereocenters. The Morgan fingerprint density at radius 2 is 1.74 bits per heavy atom. The third kappa shape index (κ3) is 5.33. The molecule has 2 saturated heterocycles. The standard InChI is InChI=1S/C18H33N3O.ClH/c1-15-13-17(7-8-19-15)18(22)21-11-9-20(10-12-21)14-16-5-3-2-4-6-16;/h15-17,19H,2-14H2,1H3;1H/t15-,17-;/m0./s1. The Hall–Kier alpha value is -0.320. The number of nitrogens with one attached hydrogen (secondary N) is 1. The zero-order valence-electron chi connectivity index (χ0n) is 14.6. The molecule has 1 aliphatic carbocycles. The SMILES string of the molecule is C[C@H]1C[C@@H](C(=O)N2CCN(CC3CCCCC3)CC2)CCN1.Cl. The van der Waals surface area contributed by atoms with Gasteiger partial charge < -0.3 is 10.2 Å². The van der Waals surface area contributed by atoms with Crippen molar-refractivity contribution >= 4 is 18.3 Å². The van der Waals surface area contributed by atoms with Gasteiger partial charge in [0.2, 0.25) is 5.91 Å². The van der Waals surface area contributed by atoms with E-state index in [1.807, 2.05) is 0 Å². The molecule has 0 aromatic heterocycles. The van der Waals surface area contributed by atoms with Crippen LogP contribution in [0, 0.1) is 11.8 Å². The lowest BCUT2D eigenvalue weighted by Crippen LogP contribution is -2.52. The number of amides is 1. The maximum Gasteiger partial charge on any atom is 0.225 e. The Kier molecular flexibility index (Phi) is 7.64. The molecule has 2 atom stereocenters. The number of carbonyl (C=O) groups is 1. The van der Waals surface area contributed by atoms with Gasteiger partial charge in [0.15, 0.2) is 0 Å². The van der Waals surface area contributed by atoms with E-state index in [1.165, 1.54) is 38.6 Å². The Morgan fingerprint density at radius 3 is 2.39 bits per heavy atom. The fourth-order valence-corrected chi connectivity index (χ4v) is 4.50. The first-order valence-corrected chi connectivity index (χ1v) is 9.47. The monoisotopic (exact) mass is 343 g/mol. The Balaban J connectivity index is 0.00000192. The molecule has 0 radical (unpaired) electrons. The summed E-state index contributed by atoms with van der Waals surface area (Å²) in [7, 11) is 0. The molecule has 1 N–H and O–H groups in total. The highest BCUT2D eigenvalue weighted by molar-refractivity contribution is 5.85. The number of rotatable bonds is 3. The molecule has 2 heterocycles. The van der Waals surface area contributed by atoms with Crippen molar-refractivity contribution < 1.29 is 4.79 Å². The summed E-state index contributed by atoms with van der Waals surface area (Å²) < 4.78 is 0. The van der Waals surface area contributed by atoms with Crippen LogP contribution in [0.25, 0.3) is 0 Å². The molecular weight excluding hydrogens is 310 g/mol. The number of piperidine rings is 1. The number of carbonyl (C=O) groups excluding carboxylic acids is 1. The highest BCUT2D eigenvalue weighted by atomic mass is 35.5. The highest BCUT2D eigenvalue weighted by Gasteiger charge is 2.30. The van der Waals surface area contributed by atoms with Crippen molar-refractivity contribution in [1.29, 1.82) is 0 Å². The van der Waals surface area contributed by atoms with Crippen LogP contribution in [0.5, 0.6) is 0 Å². The van der Waals surface area contributed by atoms with Gasteiger partial charge in [0, 0.05) is 44.7 Å². The minimum atomic E-state index is 0. The highest BCUT2D eigenvalue weighted by Crippen LogP contribution is 2.25. The Morgan fingerprint density at radius 1 is 1.04 bits per heavy atom. The van der Waals surface area contributed by atoms with Crippen LogP contribution in [0.2, 0.25) is 0 Å². The minimum absolute atomic E-state index is 0. The molecule has 5 heteroatoms. The van der Waals surface area contributed by atoms with E-state index in [4.69, 9.17) is 0 Å². The fraction of sp³-hybridized carbons (Fsp3) is 0.944. The van der Waals surface area contributed by atoms with Crippen molar-refractivity contribution in [3.63, 3.8) is 0 Å². The number of halogens is 1. The predicted octanol–water partition coefficient (Wildman–Crippen LogP) is 2.52. The maximum atomic E-state index is 12.7. The third-order valence-corrected chi connectivity index (χ3v) is 5.90. The smallest absolute Gasteiger partial charge is 0.225 e. The van der Waals surface area contributed by atoms with E-state index in [9.17, 15) is 4.79 Å². The zero-order valence-corrected chi connectivity index (χ0v) is 15.5. The summed E-state index contributed by atoms with van der Waals surface area (Å²) >= 11 is 0. The predicted molar refractivity (Wildman–Crippen MR) is 97.0 cm³/mol. The zero-order chi connectivity index (χ0) is 15.4. The van der Waals surface area contributed by atoms with E-state index in [1.54, 1.807) is 0 Å². The van der Waals surface area contributed by atoms with Gasteiger partial charge in [-0.2, -0.15) is 0 Å². The summed E-state index contributed by atoms with van der Waals surface area (Å²) in [5.74, 6) is 1.60. The first-order valence-electron chi connectivity index (χ1n) is 9.47. The van der Waals surface area contributed by atoms with Gasteiger partial charge in [-0.3, -0.25) is 9.69 Å². The number of piperazine rings is 1. The van der Waals surface area contributed by atoms with Crippen LogP contribution in [0.4, 0.5) is 0 Å².